The van der Waals surface area contributed by atoms with Gasteiger partial charge in [0.25, 0.3) is 0 Å². The zero-order chi connectivity index (χ0) is 17.5. The Bertz CT molecular complexity index is 800. The molecule has 0 amide bonds. The highest BCUT2D eigenvalue weighted by atomic mass is 16.7. The molecule has 0 radical (unpaired) electrons. The summed E-state index contributed by atoms with van der Waals surface area (Å²) in [7, 11) is 0. The summed E-state index contributed by atoms with van der Waals surface area (Å²) in [5.74, 6) is 3.63. The second-order valence-corrected chi connectivity index (χ2v) is 7.55. The van der Waals surface area contributed by atoms with E-state index in [1.54, 1.807) is 0 Å². The Morgan fingerprint density at radius 3 is 2.96 bits per heavy atom. The maximum absolute atomic E-state index is 5.87. The van der Waals surface area contributed by atoms with Gasteiger partial charge >= 0.3 is 0 Å². The van der Waals surface area contributed by atoms with Crippen molar-refractivity contribution in [2.75, 3.05) is 19.9 Å². The van der Waals surface area contributed by atoms with Crippen molar-refractivity contribution >= 4 is 0 Å². The van der Waals surface area contributed by atoms with Gasteiger partial charge in [-0.1, -0.05) is 6.07 Å². The molecular weight excluding hydrogens is 330 g/mol. The van der Waals surface area contributed by atoms with Crippen molar-refractivity contribution in [1.82, 2.24) is 14.5 Å². The predicted octanol–water partition coefficient (Wildman–Crippen LogP) is 3.12. The molecule has 0 N–H and O–H groups in total. The number of ether oxygens (including phenoxy) is 3. The molecule has 1 atom stereocenters. The van der Waals surface area contributed by atoms with E-state index in [9.17, 15) is 0 Å². The molecule has 3 heterocycles. The fraction of sp³-hybridized carbons (Fsp3) is 0.550. The van der Waals surface area contributed by atoms with Crippen molar-refractivity contribution in [2.45, 2.75) is 45.5 Å². The van der Waals surface area contributed by atoms with Crippen LogP contribution in [-0.2, 0) is 24.4 Å². The number of rotatable bonds is 6. The van der Waals surface area contributed by atoms with E-state index in [2.05, 4.69) is 28.5 Å². The molecular formula is C20H25N3O3. The molecule has 1 aliphatic carbocycles. The van der Waals surface area contributed by atoms with Crippen molar-refractivity contribution < 1.29 is 14.2 Å². The second-order valence-electron chi connectivity index (χ2n) is 7.55. The molecule has 2 aliphatic heterocycles. The molecule has 1 fully saturated rings. The van der Waals surface area contributed by atoms with Crippen LogP contribution in [0.2, 0.25) is 0 Å². The molecule has 0 unspecified atom stereocenters. The van der Waals surface area contributed by atoms with Gasteiger partial charge in [-0.15, -0.1) is 0 Å². The first-order valence-corrected chi connectivity index (χ1v) is 9.52. The molecule has 0 spiro atoms. The van der Waals surface area contributed by atoms with Gasteiger partial charge in [-0.2, -0.15) is 0 Å². The Kier molecular flexibility index (Phi) is 4.10. The highest BCUT2D eigenvalue weighted by Gasteiger charge is 2.28. The molecule has 0 bridgehead atoms. The second kappa shape index (κ2) is 6.59. The van der Waals surface area contributed by atoms with Crippen LogP contribution in [0.15, 0.2) is 24.4 Å². The first-order chi connectivity index (χ1) is 12.8. The Morgan fingerprint density at radius 1 is 1.19 bits per heavy atom. The molecule has 5 rings (SSSR count). The minimum atomic E-state index is 0.284. The van der Waals surface area contributed by atoms with Crippen LogP contribution in [0, 0.1) is 5.92 Å². The van der Waals surface area contributed by atoms with Crippen molar-refractivity contribution in [1.29, 1.82) is 0 Å². The van der Waals surface area contributed by atoms with Crippen LogP contribution < -0.4 is 9.47 Å². The normalized spacial score (nSPS) is 21.8. The van der Waals surface area contributed by atoms with Gasteiger partial charge in [-0.3, -0.25) is 4.90 Å². The molecule has 6 nitrogen and oxygen atoms in total. The zero-order valence-corrected chi connectivity index (χ0v) is 15.2. The largest absolute Gasteiger partial charge is 0.454 e. The SMILES string of the molecule is C[C@H]1c2ncc(COCC3CC3)n2CCN1Cc1ccc2c(c1)OCO2. The summed E-state index contributed by atoms with van der Waals surface area (Å²) in [5, 5.41) is 0. The van der Waals surface area contributed by atoms with Gasteiger partial charge in [0, 0.05) is 26.2 Å². The Morgan fingerprint density at radius 2 is 2.08 bits per heavy atom. The van der Waals surface area contributed by atoms with Gasteiger partial charge in [0.1, 0.15) is 5.82 Å². The number of benzene rings is 1. The van der Waals surface area contributed by atoms with Crippen molar-refractivity contribution in [3.8, 4) is 11.5 Å². The van der Waals surface area contributed by atoms with Crippen LogP contribution in [0.3, 0.4) is 0 Å². The van der Waals surface area contributed by atoms with Crippen molar-refractivity contribution in [3.63, 3.8) is 0 Å². The fourth-order valence-corrected chi connectivity index (χ4v) is 3.82. The molecule has 6 heteroatoms. The minimum absolute atomic E-state index is 0.284. The number of hydrogen-bond acceptors (Lipinski definition) is 5. The van der Waals surface area contributed by atoms with Crippen LogP contribution >= 0.6 is 0 Å². The van der Waals surface area contributed by atoms with Crippen molar-refractivity contribution in [2.24, 2.45) is 5.92 Å². The number of nitrogens with zero attached hydrogens (tertiary/aromatic N) is 3. The van der Waals surface area contributed by atoms with E-state index in [0.29, 0.717) is 13.4 Å². The maximum atomic E-state index is 5.87. The van der Waals surface area contributed by atoms with E-state index in [1.165, 1.54) is 24.1 Å². The average molecular weight is 355 g/mol. The van der Waals surface area contributed by atoms with Crippen LogP contribution in [0.1, 0.15) is 42.9 Å². The molecule has 1 saturated carbocycles. The molecule has 0 saturated heterocycles. The molecule has 3 aliphatic rings. The Balaban J connectivity index is 1.26. The number of aromatic nitrogens is 2. The molecule has 138 valence electrons. The number of imidazole rings is 1. The Labute approximate surface area is 153 Å². The lowest BCUT2D eigenvalue weighted by Gasteiger charge is -2.34. The van der Waals surface area contributed by atoms with Gasteiger partial charge in [-0.25, -0.2) is 4.98 Å². The van der Waals surface area contributed by atoms with Gasteiger partial charge in [0.15, 0.2) is 11.5 Å². The fourth-order valence-electron chi connectivity index (χ4n) is 3.82. The van der Waals surface area contributed by atoms with Crippen LogP contribution in [0.25, 0.3) is 0 Å². The molecule has 2 aromatic rings. The summed E-state index contributed by atoms with van der Waals surface area (Å²) in [4.78, 5) is 7.16. The van der Waals surface area contributed by atoms with E-state index in [4.69, 9.17) is 19.2 Å². The first kappa shape index (κ1) is 16.1. The highest BCUT2D eigenvalue weighted by Crippen LogP contribution is 2.34. The summed E-state index contributed by atoms with van der Waals surface area (Å²) in [6, 6.07) is 6.50. The summed E-state index contributed by atoms with van der Waals surface area (Å²) in [5.41, 5.74) is 2.45. The number of hydrogen-bond donors (Lipinski definition) is 0. The van der Waals surface area contributed by atoms with Gasteiger partial charge in [-0.05, 0) is 43.4 Å². The first-order valence-electron chi connectivity index (χ1n) is 9.52. The van der Waals surface area contributed by atoms with E-state index >= 15 is 0 Å². The lowest BCUT2D eigenvalue weighted by molar-refractivity contribution is 0.101. The summed E-state index contributed by atoms with van der Waals surface area (Å²) in [6.07, 6.45) is 4.65. The summed E-state index contributed by atoms with van der Waals surface area (Å²) < 4.78 is 19.1. The van der Waals surface area contributed by atoms with E-state index in [1.807, 2.05) is 12.3 Å². The van der Waals surface area contributed by atoms with Gasteiger partial charge in [0.05, 0.1) is 24.5 Å². The van der Waals surface area contributed by atoms with Crippen molar-refractivity contribution in [3.05, 3.63) is 41.5 Å². The number of fused-ring (bicyclic) bond motifs is 2. The third kappa shape index (κ3) is 3.08. The summed E-state index contributed by atoms with van der Waals surface area (Å²) in [6.45, 7) is 6.99. The summed E-state index contributed by atoms with van der Waals surface area (Å²) >= 11 is 0. The third-order valence-electron chi connectivity index (χ3n) is 5.62. The quantitative estimate of drug-likeness (QED) is 0.797. The maximum Gasteiger partial charge on any atom is 0.231 e. The van der Waals surface area contributed by atoms with Gasteiger partial charge < -0.3 is 18.8 Å². The monoisotopic (exact) mass is 355 g/mol. The van der Waals surface area contributed by atoms with Crippen LogP contribution in [0.5, 0.6) is 11.5 Å². The van der Waals surface area contributed by atoms with E-state index in [-0.39, 0.29) is 6.04 Å². The van der Waals surface area contributed by atoms with Gasteiger partial charge in [0.2, 0.25) is 6.79 Å². The standard InChI is InChI=1S/C20H25N3O3/c1-14-20-21-9-17(12-24-11-15-2-3-15)23(20)7-6-22(14)10-16-4-5-18-19(8-16)26-13-25-18/h4-5,8-9,14-15H,2-3,6-7,10-13H2,1H3/t14-/m0/s1. The Hall–Kier alpha value is -2.05. The zero-order valence-electron chi connectivity index (χ0n) is 15.2. The third-order valence-corrected chi connectivity index (χ3v) is 5.62. The molecule has 26 heavy (non-hydrogen) atoms. The molecule has 1 aromatic carbocycles. The van der Waals surface area contributed by atoms with Crippen LogP contribution in [-0.4, -0.2) is 34.4 Å². The lowest BCUT2D eigenvalue weighted by Crippen LogP contribution is -2.37. The predicted molar refractivity (Wildman–Crippen MR) is 96.0 cm³/mol. The highest BCUT2D eigenvalue weighted by molar-refractivity contribution is 5.44. The smallest absolute Gasteiger partial charge is 0.231 e. The molecule has 1 aromatic heterocycles. The lowest BCUT2D eigenvalue weighted by atomic mass is 10.1. The van der Waals surface area contributed by atoms with Crippen LogP contribution in [0.4, 0.5) is 0 Å². The minimum Gasteiger partial charge on any atom is -0.454 e. The average Bonchev–Trinajstić information content (AvgIpc) is 3.19. The van der Waals surface area contributed by atoms with E-state index in [0.717, 1.165) is 49.5 Å². The van der Waals surface area contributed by atoms with E-state index < -0.39 is 0 Å². The topological polar surface area (TPSA) is 48.8 Å².